The van der Waals surface area contributed by atoms with Crippen molar-refractivity contribution in [3.05, 3.63) is 60.0 Å². The molecule has 0 saturated heterocycles. The van der Waals surface area contributed by atoms with Crippen LogP contribution >= 0.6 is 0 Å². The van der Waals surface area contributed by atoms with Crippen LogP contribution in [-0.4, -0.2) is 36.3 Å². The third-order valence-corrected chi connectivity index (χ3v) is 3.54. The van der Waals surface area contributed by atoms with Gasteiger partial charge in [-0.3, -0.25) is 4.79 Å². The van der Waals surface area contributed by atoms with E-state index < -0.39 is 11.9 Å². The SMILES string of the molecule is COC(=O)c1ccccc1NC(=O)c1nnc(-c2ccc(OC)cc2)o1. The summed E-state index contributed by atoms with van der Waals surface area (Å²) in [5.41, 5.74) is 1.15. The molecule has 0 aliphatic carbocycles. The quantitative estimate of drug-likeness (QED) is 0.703. The maximum atomic E-state index is 12.3. The lowest BCUT2D eigenvalue weighted by atomic mass is 10.2. The number of hydrogen-bond donors (Lipinski definition) is 1. The Hall–Kier alpha value is -3.68. The van der Waals surface area contributed by atoms with Gasteiger partial charge in [0.25, 0.3) is 0 Å². The molecule has 3 aromatic rings. The highest BCUT2D eigenvalue weighted by atomic mass is 16.5. The average molecular weight is 353 g/mol. The number of carbonyl (C=O) groups is 2. The Kier molecular flexibility index (Phi) is 4.93. The fourth-order valence-corrected chi connectivity index (χ4v) is 2.22. The third kappa shape index (κ3) is 3.54. The fraction of sp³-hybridized carbons (Fsp3) is 0.111. The van der Waals surface area contributed by atoms with Crippen molar-refractivity contribution in [1.82, 2.24) is 10.2 Å². The highest BCUT2D eigenvalue weighted by Gasteiger charge is 2.19. The minimum absolute atomic E-state index is 0.194. The normalized spacial score (nSPS) is 10.2. The summed E-state index contributed by atoms with van der Waals surface area (Å²) in [6, 6.07) is 13.4. The molecule has 0 bridgehead atoms. The van der Waals surface area contributed by atoms with Gasteiger partial charge < -0.3 is 19.2 Å². The lowest BCUT2D eigenvalue weighted by Gasteiger charge is -2.07. The van der Waals surface area contributed by atoms with Crippen LogP contribution in [-0.2, 0) is 4.74 Å². The number of hydrogen-bond acceptors (Lipinski definition) is 7. The zero-order chi connectivity index (χ0) is 18.5. The molecule has 0 fully saturated rings. The van der Waals surface area contributed by atoms with E-state index in [0.717, 1.165) is 0 Å². The number of nitrogens with zero attached hydrogens (tertiary/aromatic N) is 2. The molecule has 132 valence electrons. The highest BCUT2D eigenvalue weighted by molar-refractivity contribution is 6.05. The number of carbonyl (C=O) groups excluding carboxylic acids is 2. The van der Waals surface area contributed by atoms with Gasteiger partial charge in [-0.05, 0) is 36.4 Å². The van der Waals surface area contributed by atoms with E-state index >= 15 is 0 Å². The molecule has 0 aliphatic rings. The number of nitrogens with one attached hydrogen (secondary N) is 1. The number of esters is 1. The van der Waals surface area contributed by atoms with Gasteiger partial charge >= 0.3 is 17.8 Å². The van der Waals surface area contributed by atoms with Gasteiger partial charge in [-0.15, -0.1) is 10.2 Å². The van der Waals surface area contributed by atoms with Crippen molar-refractivity contribution >= 4 is 17.6 Å². The standard InChI is InChI=1S/C18H15N3O5/c1-24-12-9-7-11(8-10-12)16-20-21-17(26-16)15(22)19-14-6-4-3-5-13(14)18(23)25-2/h3-10H,1-2H3,(H,19,22). The van der Waals surface area contributed by atoms with Gasteiger partial charge in [0.15, 0.2) is 0 Å². The lowest BCUT2D eigenvalue weighted by molar-refractivity contribution is 0.0602. The Morgan fingerprint density at radius 2 is 1.73 bits per heavy atom. The summed E-state index contributed by atoms with van der Waals surface area (Å²) < 4.78 is 15.2. The molecule has 0 radical (unpaired) electrons. The number of para-hydroxylation sites is 1. The minimum Gasteiger partial charge on any atom is -0.497 e. The van der Waals surface area contributed by atoms with E-state index in [1.807, 2.05) is 0 Å². The van der Waals surface area contributed by atoms with Gasteiger partial charge in [-0.1, -0.05) is 12.1 Å². The van der Waals surface area contributed by atoms with E-state index in [4.69, 9.17) is 13.9 Å². The first-order valence-electron chi connectivity index (χ1n) is 7.59. The maximum absolute atomic E-state index is 12.3. The zero-order valence-electron chi connectivity index (χ0n) is 14.1. The van der Waals surface area contributed by atoms with Crippen LogP contribution in [0.4, 0.5) is 5.69 Å². The summed E-state index contributed by atoms with van der Waals surface area (Å²) in [5, 5.41) is 10.2. The molecule has 0 saturated carbocycles. The van der Waals surface area contributed by atoms with Crippen LogP contribution in [0.25, 0.3) is 11.5 Å². The number of rotatable bonds is 5. The second-order valence-corrected chi connectivity index (χ2v) is 5.13. The number of anilines is 1. The van der Waals surface area contributed by atoms with Crippen LogP contribution < -0.4 is 10.1 Å². The molecule has 8 heteroatoms. The maximum Gasteiger partial charge on any atom is 0.339 e. The lowest BCUT2D eigenvalue weighted by Crippen LogP contribution is -2.15. The molecular formula is C18H15N3O5. The molecule has 8 nitrogen and oxygen atoms in total. The summed E-state index contributed by atoms with van der Waals surface area (Å²) >= 11 is 0. The van der Waals surface area contributed by atoms with E-state index in [2.05, 4.69) is 15.5 Å². The predicted molar refractivity (Wildman–Crippen MR) is 92.0 cm³/mol. The van der Waals surface area contributed by atoms with Crippen LogP contribution in [0.3, 0.4) is 0 Å². The summed E-state index contributed by atoms with van der Waals surface area (Å²) in [5.74, 6) is -0.542. The molecule has 2 aromatic carbocycles. The number of methoxy groups -OCH3 is 2. The van der Waals surface area contributed by atoms with E-state index in [9.17, 15) is 9.59 Å². The van der Waals surface area contributed by atoms with Crippen molar-refractivity contribution in [1.29, 1.82) is 0 Å². The number of aromatic nitrogens is 2. The molecule has 26 heavy (non-hydrogen) atoms. The van der Waals surface area contributed by atoms with E-state index in [1.165, 1.54) is 13.2 Å². The van der Waals surface area contributed by atoms with Crippen molar-refractivity contribution in [2.45, 2.75) is 0 Å². The Balaban J connectivity index is 1.79. The number of benzene rings is 2. The van der Waals surface area contributed by atoms with Gasteiger partial charge in [-0.2, -0.15) is 0 Å². The molecule has 1 heterocycles. The zero-order valence-corrected chi connectivity index (χ0v) is 14.1. The van der Waals surface area contributed by atoms with Gasteiger partial charge in [0.2, 0.25) is 5.89 Å². The first-order chi connectivity index (χ1) is 12.6. The Bertz CT molecular complexity index is 934. The molecule has 0 aliphatic heterocycles. The monoisotopic (exact) mass is 353 g/mol. The number of amides is 1. The Labute approximate surface area is 148 Å². The minimum atomic E-state index is -0.631. The van der Waals surface area contributed by atoms with Crippen LogP contribution in [0.2, 0.25) is 0 Å². The molecule has 1 N–H and O–H groups in total. The number of ether oxygens (including phenoxy) is 2. The first kappa shape index (κ1) is 17.2. The van der Waals surface area contributed by atoms with Crippen LogP contribution in [0.15, 0.2) is 52.9 Å². The van der Waals surface area contributed by atoms with Crippen molar-refractivity contribution in [3.63, 3.8) is 0 Å². The molecule has 0 unspecified atom stereocenters. The van der Waals surface area contributed by atoms with Gasteiger partial charge in [0.05, 0.1) is 25.5 Å². The van der Waals surface area contributed by atoms with Crippen molar-refractivity contribution in [2.24, 2.45) is 0 Å². The molecule has 0 atom stereocenters. The van der Waals surface area contributed by atoms with Gasteiger partial charge in [0, 0.05) is 5.56 Å². The first-order valence-corrected chi connectivity index (χ1v) is 7.59. The Morgan fingerprint density at radius 1 is 1.00 bits per heavy atom. The second kappa shape index (κ2) is 7.47. The van der Waals surface area contributed by atoms with E-state index in [0.29, 0.717) is 11.3 Å². The fourth-order valence-electron chi connectivity index (χ4n) is 2.22. The highest BCUT2D eigenvalue weighted by Crippen LogP contribution is 2.22. The van der Waals surface area contributed by atoms with Crippen LogP contribution in [0.5, 0.6) is 5.75 Å². The summed E-state index contributed by atoms with van der Waals surface area (Å²) in [4.78, 5) is 24.1. The molecule has 1 amide bonds. The van der Waals surface area contributed by atoms with Crippen molar-refractivity contribution in [2.75, 3.05) is 19.5 Å². The van der Waals surface area contributed by atoms with E-state index in [1.54, 1.807) is 49.6 Å². The van der Waals surface area contributed by atoms with Gasteiger partial charge in [0.1, 0.15) is 5.75 Å². The van der Waals surface area contributed by atoms with Crippen LogP contribution in [0.1, 0.15) is 21.0 Å². The largest absolute Gasteiger partial charge is 0.497 e. The second-order valence-electron chi connectivity index (χ2n) is 5.13. The summed E-state index contributed by atoms with van der Waals surface area (Å²) in [6.07, 6.45) is 0. The average Bonchev–Trinajstić information content (AvgIpc) is 3.18. The predicted octanol–water partition coefficient (Wildman–Crippen LogP) is 2.78. The summed E-state index contributed by atoms with van der Waals surface area (Å²) in [6.45, 7) is 0. The third-order valence-electron chi connectivity index (χ3n) is 3.54. The molecule has 3 rings (SSSR count). The van der Waals surface area contributed by atoms with Gasteiger partial charge in [-0.25, -0.2) is 4.79 Å². The molecule has 0 spiro atoms. The van der Waals surface area contributed by atoms with E-state index in [-0.39, 0.29) is 23.0 Å². The summed E-state index contributed by atoms with van der Waals surface area (Å²) in [7, 11) is 2.83. The Morgan fingerprint density at radius 3 is 2.42 bits per heavy atom. The van der Waals surface area contributed by atoms with Crippen molar-refractivity contribution < 1.29 is 23.5 Å². The topological polar surface area (TPSA) is 104 Å². The van der Waals surface area contributed by atoms with Crippen molar-refractivity contribution in [3.8, 4) is 17.2 Å². The van der Waals surface area contributed by atoms with Crippen LogP contribution in [0, 0.1) is 0 Å². The molecule has 1 aromatic heterocycles. The molecular weight excluding hydrogens is 338 g/mol. The smallest absolute Gasteiger partial charge is 0.339 e.